The molecule has 1 saturated heterocycles. The number of benzene rings is 1. The van der Waals surface area contributed by atoms with Crippen LogP contribution in [0.1, 0.15) is 48.4 Å². The summed E-state index contributed by atoms with van der Waals surface area (Å²) in [5.74, 6) is 1.28. The van der Waals surface area contributed by atoms with Gasteiger partial charge in [-0.2, -0.15) is 9.78 Å². The Morgan fingerprint density at radius 3 is 2.76 bits per heavy atom. The van der Waals surface area contributed by atoms with Crippen molar-refractivity contribution < 1.29 is 19.1 Å². The van der Waals surface area contributed by atoms with E-state index in [4.69, 9.17) is 15.1 Å². The Bertz CT molecular complexity index is 1100. The molecular formula is C21H28N9O3+. The van der Waals surface area contributed by atoms with Gasteiger partial charge in [-0.25, -0.2) is 10.1 Å². The van der Waals surface area contributed by atoms with Crippen LogP contribution in [0, 0.1) is 5.92 Å². The third-order valence-corrected chi connectivity index (χ3v) is 5.64. The number of carbonyl (C=O) groups is 1. The Morgan fingerprint density at radius 2 is 2.09 bits per heavy atom. The lowest BCUT2D eigenvalue weighted by atomic mass is 9.99. The summed E-state index contributed by atoms with van der Waals surface area (Å²) in [6.07, 6.45) is 3.80. The van der Waals surface area contributed by atoms with Gasteiger partial charge in [0.05, 0.1) is 25.9 Å². The first kappa shape index (κ1) is 22.4. The Morgan fingerprint density at radius 1 is 1.33 bits per heavy atom. The lowest BCUT2D eigenvalue weighted by molar-refractivity contribution is -0.920. The number of hydrazone groups is 1. The van der Waals surface area contributed by atoms with Crippen LogP contribution in [0.15, 0.2) is 34.0 Å². The van der Waals surface area contributed by atoms with Crippen LogP contribution < -0.4 is 20.8 Å². The Balaban J connectivity index is 1.51. The number of aromatic nitrogens is 5. The van der Waals surface area contributed by atoms with E-state index < -0.39 is 5.91 Å². The number of nitrogens with two attached hydrogens (primary N) is 1. The molecule has 0 saturated carbocycles. The van der Waals surface area contributed by atoms with Crippen molar-refractivity contribution in [2.45, 2.75) is 33.2 Å². The molecule has 0 unspecified atom stereocenters. The number of hydrogen-bond donors (Lipinski definition) is 3. The SMILES string of the molecule is CCOc1ccc(C=NNC(=O)c2nnn(-c3nonc3N)c2C[NH+]2CCC(C)CC2)cc1. The van der Waals surface area contributed by atoms with E-state index in [-0.39, 0.29) is 17.3 Å². The van der Waals surface area contributed by atoms with Gasteiger partial charge in [0, 0.05) is 0 Å². The first-order valence-electron chi connectivity index (χ1n) is 11.0. The number of quaternary nitrogens is 1. The van der Waals surface area contributed by atoms with Crippen molar-refractivity contribution in [3.63, 3.8) is 0 Å². The molecule has 12 heteroatoms. The lowest BCUT2D eigenvalue weighted by Crippen LogP contribution is -3.11. The number of piperidine rings is 1. The van der Waals surface area contributed by atoms with Gasteiger partial charge in [0.1, 0.15) is 18.0 Å². The van der Waals surface area contributed by atoms with Gasteiger partial charge >= 0.3 is 0 Å². The fourth-order valence-electron chi connectivity index (χ4n) is 3.76. The maximum atomic E-state index is 12.9. The minimum atomic E-state index is -0.474. The van der Waals surface area contributed by atoms with Crippen molar-refractivity contribution >= 4 is 17.9 Å². The number of ether oxygens (including phenoxy) is 1. The zero-order valence-electron chi connectivity index (χ0n) is 18.7. The maximum Gasteiger partial charge on any atom is 0.294 e. The number of nitrogens with one attached hydrogen (secondary N) is 2. The highest BCUT2D eigenvalue weighted by molar-refractivity contribution is 5.94. The molecule has 2 aromatic heterocycles. The van der Waals surface area contributed by atoms with Crippen LogP contribution in [0.5, 0.6) is 5.75 Å². The van der Waals surface area contributed by atoms with Crippen LogP contribution in [0.25, 0.3) is 5.82 Å². The van der Waals surface area contributed by atoms with Crippen molar-refractivity contribution in [2.75, 3.05) is 25.4 Å². The summed E-state index contributed by atoms with van der Waals surface area (Å²) in [6.45, 7) is 7.31. The molecule has 0 bridgehead atoms. The molecule has 0 atom stereocenters. The van der Waals surface area contributed by atoms with E-state index in [9.17, 15) is 4.79 Å². The van der Waals surface area contributed by atoms with E-state index in [1.807, 2.05) is 31.2 Å². The van der Waals surface area contributed by atoms with Gasteiger partial charge in [0.2, 0.25) is 11.6 Å². The molecule has 12 nitrogen and oxygen atoms in total. The lowest BCUT2D eigenvalue weighted by Gasteiger charge is -2.27. The Labute approximate surface area is 190 Å². The summed E-state index contributed by atoms with van der Waals surface area (Å²) in [7, 11) is 0. The molecule has 1 fully saturated rings. The third-order valence-electron chi connectivity index (χ3n) is 5.64. The molecule has 3 aromatic rings. The second-order valence-electron chi connectivity index (χ2n) is 8.08. The van der Waals surface area contributed by atoms with Crippen LogP contribution in [-0.4, -0.2) is 57.1 Å². The molecule has 1 aromatic carbocycles. The van der Waals surface area contributed by atoms with Crippen LogP contribution >= 0.6 is 0 Å². The normalized spacial score (nSPS) is 18.5. The zero-order valence-corrected chi connectivity index (χ0v) is 18.7. The molecule has 4 rings (SSSR count). The highest BCUT2D eigenvalue weighted by Gasteiger charge is 2.28. The van der Waals surface area contributed by atoms with E-state index in [1.165, 1.54) is 9.58 Å². The van der Waals surface area contributed by atoms with Crippen LogP contribution in [-0.2, 0) is 6.54 Å². The number of nitrogens with zero attached hydrogens (tertiary/aromatic N) is 6. The van der Waals surface area contributed by atoms with Gasteiger partial charge in [-0.15, -0.1) is 5.10 Å². The molecule has 0 aliphatic carbocycles. The van der Waals surface area contributed by atoms with E-state index >= 15 is 0 Å². The quantitative estimate of drug-likeness (QED) is 0.323. The zero-order chi connectivity index (χ0) is 23.2. The number of nitrogen functional groups attached to an aromatic ring is 1. The first-order chi connectivity index (χ1) is 16.0. The summed E-state index contributed by atoms with van der Waals surface area (Å²) < 4.78 is 11.6. The van der Waals surface area contributed by atoms with Crippen LogP contribution in [0.2, 0.25) is 0 Å². The van der Waals surface area contributed by atoms with Crippen molar-refractivity contribution in [3.8, 4) is 11.6 Å². The molecule has 4 N–H and O–H groups in total. The smallest absolute Gasteiger partial charge is 0.294 e. The third kappa shape index (κ3) is 5.34. The molecule has 1 aliphatic rings. The number of anilines is 1. The summed E-state index contributed by atoms with van der Waals surface area (Å²) in [4.78, 5) is 14.2. The molecule has 1 aliphatic heterocycles. The standard InChI is InChI=1S/C21H27N9O3/c1-3-32-16-6-4-15(5-7-16)12-23-25-21(31)18-17(13-29-10-8-14(2)9-11-29)30(28-24-18)20-19(22)26-33-27-20/h4-7,12,14H,3,8-11,13H2,1-2H3,(H2,22,26)(H,25,31)/p+1. The van der Waals surface area contributed by atoms with Crippen molar-refractivity contribution in [3.05, 3.63) is 41.2 Å². The second-order valence-corrected chi connectivity index (χ2v) is 8.08. The van der Waals surface area contributed by atoms with E-state index in [0.717, 1.165) is 37.2 Å². The van der Waals surface area contributed by atoms with Crippen molar-refractivity contribution in [1.29, 1.82) is 0 Å². The number of likely N-dealkylation sites (tertiary alicyclic amines) is 1. The average Bonchev–Trinajstić information content (AvgIpc) is 3.42. The maximum absolute atomic E-state index is 12.9. The molecule has 0 spiro atoms. The predicted molar refractivity (Wildman–Crippen MR) is 119 cm³/mol. The van der Waals surface area contributed by atoms with Gasteiger partial charge in [-0.05, 0) is 65.8 Å². The molecule has 3 heterocycles. The summed E-state index contributed by atoms with van der Waals surface area (Å²) in [5.41, 5.74) is 9.94. The van der Waals surface area contributed by atoms with Crippen LogP contribution in [0.3, 0.4) is 0 Å². The summed E-state index contributed by atoms with van der Waals surface area (Å²) in [6, 6.07) is 7.39. The van der Waals surface area contributed by atoms with E-state index in [1.54, 1.807) is 6.21 Å². The summed E-state index contributed by atoms with van der Waals surface area (Å²) >= 11 is 0. The number of rotatable bonds is 8. The molecular weight excluding hydrogens is 426 g/mol. The van der Waals surface area contributed by atoms with Crippen molar-refractivity contribution in [2.24, 2.45) is 11.0 Å². The monoisotopic (exact) mass is 454 g/mol. The number of carbonyl (C=O) groups excluding carboxylic acids is 1. The van der Waals surface area contributed by atoms with Gasteiger partial charge < -0.3 is 15.4 Å². The average molecular weight is 455 g/mol. The highest BCUT2D eigenvalue weighted by Crippen LogP contribution is 2.16. The van der Waals surface area contributed by atoms with E-state index in [2.05, 4.69) is 38.1 Å². The van der Waals surface area contributed by atoms with Gasteiger partial charge in [0.15, 0.2) is 5.69 Å². The van der Waals surface area contributed by atoms with E-state index in [0.29, 0.717) is 24.8 Å². The summed E-state index contributed by atoms with van der Waals surface area (Å²) in [5, 5.41) is 19.7. The van der Waals surface area contributed by atoms with Gasteiger partial charge in [-0.3, -0.25) is 4.79 Å². The molecule has 0 radical (unpaired) electrons. The number of hydrogen-bond acceptors (Lipinski definition) is 9. The van der Waals surface area contributed by atoms with Gasteiger partial charge in [0.25, 0.3) is 5.91 Å². The van der Waals surface area contributed by atoms with Crippen molar-refractivity contribution in [1.82, 2.24) is 30.7 Å². The highest BCUT2D eigenvalue weighted by atomic mass is 16.6. The first-order valence-corrected chi connectivity index (χ1v) is 11.0. The minimum absolute atomic E-state index is 0.0731. The second kappa shape index (κ2) is 10.2. The Kier molecular flexibility index (Phi) is 6.93. The molecule has 33 heavy (non-hydrogen) atoms. The van der Waals surface area contributed by atoms with Gasteiger partial charge in [-0.1, -0.05) is 12.1 Å². The topological polar surface area (TPSA) is 151 Å². The minimum Gasteiger partial charge on any atom is -0.494 e. The fourth-order valence-corrected chi connectivity index (χ4v) is 3.76. The Hall–Kier alpha value is -3.80. The number of amides is 1. The largest absolute Gasteiger partial charge is 0.494 e. The van der Waals surface area contributed by atoms with Crippen LogP contribution in [0.4, 0.5) is 5.82 Å². The predicted octanol–water partition coefficient (Wildman–Crippen LogP) is 0.210. The molecule has 1 amide bonds. The fraction of sp³-hybridized carbons (Fsp3) is 0.429. The molecule has 174 valence electrons.